The maximum Gasteiger partial charge on any atom is 0.433 e. The first-order chi connectivity index (χ1) is 15.8. The number of hydrogen-bond acceptors (Lipinski definition) is 5. The van der Waals surface area contributed by atoms with Crippen molar-refractivity contribution in [2.75, 3.05) is 46.4 Å². The molecule has 1 amide bonds. The fourth-order valence-corrected chi connectivity index (χ4v) is 4.67. The third-order valence-electron chi connectivity index (χ3n) is 6.53. The van der Waals surface area contributed by atoms with Crippen molar-refractivity contribution in [2.45, 2.75) is 31.6 Å². The number of aromatic nitrogens is 1. The fraction of sp³-hybridized carbons (Fsp3) is 0.500. The van der Waals surface area contributed by atoms with Gasteiger partial charge >= 0.3 is 6.18 Å². The Bertz CT molecular complexity index is 935. The third-order valence-corrected chi connectivity index (χ3v) is 6.53. The summed E-state index contributed by atoms with van der Waals surface area (Å²) < 4.78 is 43.4. The van der Waals surface area contributed by atoms with Crippen molar-refractivity contribution in [3.05, 3.63) is 59.4 Å². The Kier molecular flexibility index (Phi) is 7.19. The van der Waals surface area contributed by atoms with Crippen molar-refractivity contribution in [1.82, 2.24) is 19.7 Å². The average Bonchev–Trinajstić information content (AvgIpc) is 2.84. The molecule has 1 aromatic carbocycles. The normalized spacial score (nSPS) is 19.0. The number of carbonyl (C=O) groups excluding carboxylic acids is 1. The number of nitrogens with zero attached hydrogens (tertiary/aromatic N) is 4. The molecule has 0 atom stereocenters. The number of rotatable bonds is 5. The molecule has 0 N–H and O–H groups in total. The molecular formula is C24H29F3N4O2. The lowest BCUT2D eigenvalue weighted by Crippen LogP contribution is -2.54. The summed E-state index contributed by atoms with van der Waals surface area (Å²) in [4.78, 5) is 23.1. The van der Waals surface area contributed by atoms with Crippen LogP contribution in [0.15, 0.2) is 42.6 Å². The highest BCUT2D eigenvalue weighted by molar-refractivity contribution is 5.97. The highest BCUT2D eigenvalue weighted by atomic mass is 19.4. The number of methoxy groups -OCH3 is 1. The Morgan fingerprint density at radius 2 is 1.73 bits per heavy atom. The minimum Gasteiger partial charge on any atom is -0.496 e. The van der Waals surface area contributed by atoms with E-state index in [0.717, 1.165) is 50.7 Å². The molecular weight excluding hydrogens is 433 g/mol. The van der Waals surface area contributed by atoms with Crippen molar-refractivity contribution in [3.63, 3.8) is 0 Å². The van der Waals surface area contributed by atoms with E-state index >= 15 is 0 Å². The van der Waals surface area contributed by atoms with Crippen LogP contribution in [0.1, 0.15) is 34.5 Å². The molecule has 178 valence electrons. The second-order valence-corrected chi connectivity index (χ2v) is 8.59. The summed E-state index contributed by atoms with van der Waals surface area (Å²) in [6.45, 7) is 5.46. The smallest absolute Gasteiger partial charge is 0.433 e. The number of hydrogen-bond donors (Lipinski definition) is 0. The van der Waals surface area contributed by atoms with Crippen LogP contribution in [0.3, 0.4) is 0 Å². The Morgan fingerprint density at radius 3 is 2.33 bits per heavy atom. The van der Waals surface area contributed by atoms with E-state index < -0.39 is 11.9 Å². The minimum atomic E-state index is -4.40. The van der Waals surface area contributed by atoms with Crippen molar-refractivity contribution in [2.24, 2.45) is 0 Å². The molecule has 2 aromatic rings. The van der Waals surface area contributed by atoms with Crippen molar-refractivity contribution >= 4 is 5.91 Å². The van der Waals surface area contributed by atoms with Crippen LogP contribution in [0.2, 0.25) is 0 Å². The largest absolute Gasteiger partial charge is 0.496 e. The predicted molar refractivity (Wildman–Crippen MR) is 118 cm³/mol. The lowest BCUT2D eigenvalue weighted by molar-refractivity contribution is -0.141. The minimum absolute atomic E-state index is 0.00655. The summed E-state index contributed by atoms with van der Waals surface area (Å²) in [6.07, 6.45) is -1.06. The molecule has 1 aromatic heterocycles. The number of benzene rings is 1. The van der Waals surface area contributed by atoms with E-state index in [1.165, 1.54) is 12.3 Å². The van der Waals surface area contributed by atoms with Gasteiger partial charge in [-0.1, -0.05) is 18.2 Å². The van der Waals surface area contributed by atoms with Gasteiger partial charge in [0.25, 0.3) is 5.91 Å². The van der Waals surface area contributed by atoms with Gasteiger partial charge in [0.2, 0.25) is 0 Å². The fourth-order valence-electron chi connectivity index (χ4n) is 4.67. The van der Waals surface area contributed by atoms with Gasteiger partial charge in [0.05, 0.1) is 12.7 Å². The second kappa shape index (κ2) is 10.1. The Morgan fingerprint density at radius 1 is 1.03 bits per heavy atom. The molecule has 0 spiro atoms. The highest BCUT2D eigenvalue weighted by Gasteiger charge is 2.32. The van der Waals surface area contributed by atoms with Crippen LogP contribution in [-0.2, 0) is 12.7 Å². The lowest BCUT2D eigenvalue weighted by atomic mass is 10.0. The number of likely N-dealkylation sites (tertiary alicyclic amines) is 1. The second-order valence-electron chi connectivity index (χ2n) is 8.59. The molecule has 9 heteroatoms. The molecule has 0 aliphatic carbocycles. The van der Waals surface area contributed by atoms with E-state index in [9.17, 15) is 18.0 Å². The van der Waals surface area contributed by atoms with E-state index in [1.54, 1.807) is 19.2 Å². The molecule has 2 aliphatic rings. The van der Waals surface area contributed by atoms with Crippen LogP contribution in [0, 0.1) is 0 Å². The monoisotopic (exact) mass is 462 g/mol. The van der Waals surface area contributed by atoms with E-state index in [0.29, 0.717) is 37.0 Å². The van der Waals surface area contributed by atoms with Crippen LogP contribution < -0.4 is 4.74 Å². The third kappa shape index (κ3) is 5.65. The number of alkyl halides is 3. The van der Waals surface area contributed by atoms with Gasteiger partial charge in [-0.15, -0.1) is 0 Å². The van der Waals surface area contributed by atoms with Gasteiger partial charge in [-0.25, -0.2) is 0 Å². The van der Waals surface area contributed by atoms with E-state index in [1.807, 2.05) is 17.0 Å². The van der Waals surface area contributed by atoms with E-state index in [-0.39, 0.29) is 5.91 Å². The molecule has 0 unspecified atom stereocenters. The molecule has 2 aliphatic heterocycles. The number of para-hydroxylation sites is 1. The van der Waals surface area contributed by atoms with Crippen molar-refractivity contribution < 1.29 is 22.7 Å². The molecule has 2 fully saturated rings. The van der Waals surface area contributed by atoms with Crippen LogP contribution in [-0.4, -0.2) is 78.0 Å². The summed E-state index contributed by atoms with van der Waals surface area (Å²) in [5.74, 6) is 0.604. The molecule has 6 nitrogen and oxygen atoms in total. The summed E-state index contributed by atoms with van der Waals surface area (Å²) in [5.41, 5.74) is 0.540. The van der Waals surface area contributed by atoms with Crippen molar-refractivity contribution in [1.29, 1.82) is 0 Å². The van der Waals surface area contributed by atoms with Gasteiger partial charge in [-0.2, -0.15) is 13.2 Å². The van der Waals surface area contributed by atoms with E-state index in [4.69, 9.17) is 4.74 Å². The Labute approximate surface area is 191 Å². The van der Waals surface area contributed by atoms with Crippen LogP contribution in [0.5, 0.6) is 5.75 Å². The zero-order chi connectivity index (χ0) is 23.4. The molecule has 0 radical (unpaired) electrons. The van der Waals surface area contributed by atoms with Gasteiger partial charge < -0.3 is 9.64 Å². The lowest BCUT2D eigenvalue weighted by Gasteiger charge is -2.42. The molecule has 33 heavy (non-hydrogen) atoms. The number of piperazine rings is 1. The maximum absolute atomic E-state index is 12.9. The SMILES string of the molecule is COc1ccccc1C(=O)N1CCN(C2CCN(Cc3ccc(C(F)(F)F)nc3)CC2)CC1. The van der Waals surface area contributed by atoms with Gasteiger partial charge in [0, 0.05) is 45.0 Å². The first kappa shape index (κ1) is 23.5. The quantitative estimate of drug-likeness (QED) is 0.681. The van der Waals surface area contributed by atoms with Gasteiger partial charge in [-0.05, 0) is 49.7 Å². The number of piperidine rings is 1. The summed E-state index contributed by atoms with van der Waals surface area (Å²) in [6, 6.07) is 10.3. The van der Waals surface area contributed by atoms with Gasteiger partial charge in [0.15, 0.2) is 0 Å². The maximum atomic E-state index is 12.9. The van der Waals surface area contributed by atoms with Crippen LogP contribution >= 0.6 is 0 Å². The first-order valence-corrected chi connectivity index (χ1v) is 11.3. The molecule has 0 saturated carbocycles. The zero-order valence-corrected chi connectivity index (χ0v) is 18.7. The standard InChI is InChI=1S/C24H29F3N4O2/c1-33-21-5-3-2-4-20(21)23(32)31-14-12-30(13-15-31)19-8-10-29(11-9-19)17-18-6-7-22(28-16-18)24(25,26)27/h2-7,16,19H,8-15,17H2,1H3. The van der Waals surface area contributed by atoms with Crippen LogP contribution in [0.4, 0.5) is 13.2 Å². The average molecular weight is 463 g/mol. The summed E-state index contributed by atoms with van der Waals surface area (Å²) >= 11 is 0. The van der Waals surface area contributed by atoms with Gasteiger partial charge in [-0.3, -0.25) is 19.6 Å². The summed E-state index contributed by atoms with van der Waals surface area (Å²) in [5, 5.41) is 0. The van der Waals surface area contributed by atoms with E-state index in [2.05, 4.69) is 14.8 Å². The number of halogens is 3. The first-order valence-electron chi connectivity index (χ1n) is 11.3. The highest BCUT2D eigenvalue weighted by Crippen LogP contribution is 2.28. The number of amides is 1. The zero-order valence-electron chi connectivity index (χ0n) is 18.7. The molecule has 0 bridgehead atoms. The van der Waals surface area contributed by atoms with Crippen LogP contribution in [0.25, 0.3) is 0 Å². The molecule has 2 saturated heterocycles. The number of ether oxygens (including phenoxy) is 1. The Hall–Kier alpha value is -2.65. The summed E-state index contributed by atoms with van der Waals surface area (Å²) in [7, 11) is 1.57. The topological polar surface area (TPSA) is 48.9 Å². The van der Waals surface area contributed by atoms with Gasteiger partial charge in [0.1, 0.15) is 11.4 Å². The molecule has 3 heterocycles. The predicted octanol–water partition coefficient (Wildman–Crippen LogP) is 3.53. The Balaban J connectivity index is 1.24. The van der Waals surface area contributed by atoms with Crippen molar-refractivity contribution in [3.8, 4) is 5.75 Å². The number of carbonyl (C=O) groups is 1. The number of pyridine rings is 1. The molecule has 4 rings (SSSR count).